The molecule has 0 aromatic carbocycles. The minimum Gasteiger partial charge on any atom is -0.502 e. The van der Waals surface area contributed by atoms with Crippen LogP contribution in [-0.2, 0) is 19.0 Å². The van der Waals surface area contributed by atoms with Gasteiger partial charge in [0.05, 0.1) is 25.7 Å². The van der Waals surface area contributed by atoms with Gasteiger partial charge >= 0.3 is 0 Å². The summed E-state index contributed by atoms with van der Waals surface area (Å²) in [6.07, 6.45) is 6.18. The van der Waals surface area contributed by atoms with Crippen LogP contribution >= 0.6 is 0 Å². The van der Waals surface area contributed by atoms with E-state index in [1.165, 1.54) is 6.26 Å². The fourth-order valence-electron chi connectivity index (χ4n) is 0.935. The Hall–Kier alpha value is -0.550. The maximum Gasteiger partial charge on any atom is 0.264 e. The molecule has 0 heterocycles. The maximum absolute atomic E-state index is 10.6. The molecule has 0 saturated carbocycles. The lowest BCUT2D eigenvalue weighted by Crippen LogP contribution is -2.03. The summed E-state index contributed by atoms with van der Waals surface area (Å²) in [6.45, 7) is 4.38. The predicted molar refractivity (Wildman–Crippen MR) is 55.4 cm³/mol. The third-order valence-electron chi connectivity index (χ3n) is 1.57. The van der Waals surface area contributed by atoms with Crippen LogP contribution in [0.25, 0.3) is 0 Å². The average molecular weight is 222 g/mol. The van der Waals surface area contributed by atoms with Crippen LogP contribution in [0.15, 0.2) is 12.8 Å². The van der Waals surface area contributed by atoms with Crippen LogP contribution in [0.3, 0.4) is 0 Å². The van der Waals surface area contributed by atoms with Gasteiger partial charge < -0.3 is 4.74 Å². The van der Waals surface area contributed by atoms with Gasteiger partial charge in [-0.05, 0) is 19.3 Å². The highest BCUT2D eigenvalue weighted by Gasteiger charge is 1.99. The van der Waals surface area contributed by atoms with Crippen LogP contribution in [-0.4, -0.2) is 27.9 Å². The van der Waals surface area contributed by atoms with E-state index in [1.54, 1.807) is 0 Å². The Labute approximate surface area is 86.0 Å². The van der Waals surface area contributed by atoms with E-state index in [2.05, 4.69) is 10.8 Å². The fraction of sp³-hybridized carbons (Fsp3) is 0.778. The second-order valence-electron chi connectivity index (χ2n) is 2.98. The molecule has 0 atom stereocenters. The summed E-state index contributed by atoms with van der Waals surface area (Å²) in [7, 11) is -3.26. The van der Waals surface area contributed by atoms with E-state index < -0.39 is 10.1 Å². The number of rotatable bonds is 9. The Morgan fingerprint density at radius 1 is 1.14 bits per heavy atom. The van der Waals surface area contributed by atoms with E-state index in [9.17, 15) is 8.42 Å². The molecule has 0 aromatic heterocycles. The highest BCUT2D eigenvalue weighted by molar-refractivity contribution is 7.85. The lowest BCUT2D eigenvalue weighted by molar-refractivity contribution is 0.239. The first kappa shape index (κ1) is 13.4. The predicted octanol–water partition coefficient (Wildman–Crippen LogP) is 1.68. The zero-order chi connectivity index (χ0) is 10.9. The van der Waals surface area contributed by atoms with Gasteiger partial charge in [0.2, 0.25) is 0 Å². The van der Waals surface area contributed by atoms with Crippen LogP contribution in [0.2, 0.25) is 0 Å². The highest BCUT2D eigenvalue weighted by atomic mass is 32.2. The highest BCUT2D eigenvalue weighted by Crippen LogP contribution is 2.01. The van der Waals surface area contributed by atoms with Crippen molar-refractivity contribution in [2.24, 2.45) is 0 Å². The molecule has 0 N–H and O–H groups in total. The van der Waals surface area contributed by atoms with Gasteiger partial charge in [0.15, 0.2) is 0 Å². The van der Waals surface area contributed by atoms with E-state index in [0.717, 1.165) is 31.9 Å². The van der Waals surface area contributed by atoms with Gasteiger partial charge in [-0.1, -0.05) is 13.0 Å². The van der Waals surface area contributed by atoms with E-state index in [-0.39, 0.29) is 6.61 Å². The molecule has 0 saturated heterocycles. The minimum absolute atomic E-state index is 0.279. The molecule has 4 nitrogen and oxygen atoms in total. The molecule has 0 rings (SSSR count). The van der Waals surface area contributed by atoms with E-state index in [1.807, 2.05) is 0 Å². The van der Waals surface area contributed by atoms with Crippen molar-refractivity contribution >= 4 is 10.1 Å². The molecule has 0 unspecified atom stereocenters. The first-order valence-electron chi connectivity index (χ1n) is 4.63. The summed E-state index contributed by atoms with van der Waals surface area (Å²) in [5, 5.41) is 0. The van der Waals surface area contributed by atoms with Gasteiger partial charge in [0.1, 0.15) is 0 Å². The fourth-order valence-corrected chi connectivity index (χ4v) is 1.36. The summed E-state index contributed by atoms with van der Waals surface area (Å²) >= 11 is 0. The normalized spacial score (nSPS) is 11.2. The largest absolute Gasteiger partial charge is 0.502 e. The summed E-state index contributed by atoms with van der Waals surface area (Å²) in [5.41, 5.74) is 0. The zero-order valence-corrected chi connectivity index (χ0v) is 9.38. The van der Waals surface area contributed by atoms with Gasteiger partial charge in [-0.15, -0.1) is 0 Å². The number of unbranched alkanes of at least 4 members (excludes halogenated alkanes) is 3. The smallest absolute Gasteiger partial charge is 0.264 e. The molecule has 0 fully saturated rings. The Morgan fingerprint density at radius 2 is 1.71 bits per heavy atom. The topological polar surface area (TPSA) is 52.6 Å². The Kier molecular flexibility index (Phi) is 7.51. The quantitative estimate of drug-likeness (QED) is 0.338. The molecule has 0 radical (unpaired) electrons. The monoisotopic (exact) mass is 222 g/mol. The van der Waals surface area contributed by atoms with Crippen molar-refractivity contribution in [1.82, 2.24) is 0 Å². The molecular formula is C9H18O4S. The molecule has 0 aromatic rings. The van der Waals surface area contributed by atoms with Gasteiger partial charge in [0, 0.05) is 0 Å². The summed E-state index contributed by atoms with van der Waals surface area (Å²) < 4.78 is 30.6. The second-order valence-corrected chi connectivity index (χ2v) is 4.62. The van der Waals surface area contributed by atoms with Crippen LogP contribution in [0.5, 0.6) is 0 Å². The maximum atomic E-state index is 10.6. The number of hydrogen-bond acceptors (Lipinski definition) is 4. The molecule has 0 aliphatic heterocycles. The van der Waals surface area contributed by atoms with Crippen LogP contribution < -0.4 is 0 Å². The van der Waals surface area contributed by atoms with Crippen LogP contribution in [0.1, 0.15) is 25.7 Å². The average Bonchev–Trinajstić information content (AvgIpc) is 2.08. The number of ether oxygens (including phenoxy) is 1. The molecule has 5 heteroatoms. The molecule has 84 valence electrons. The lowest BCUT2D eigenvalue weighted by atomic mass is 10.2. The van der Waals surface area contributed by atoms with Crippen molar-refractivity contribution in [2.45, 2.75) is 25.7 Å². The third kappa shape index (κ3) is 11.4. The molecule has 0 bridgehead atoms. The molecule has 0 aliphatic carbocycles. The Bertz CT molecular complexity index is 233. The van der Waals surface area contributed by atoms with Crippen molar-refractivity contribution in [3.8, 4) is 0 Å². The second kappa shape index (κ2) is 7.82. The Morgan fingerprint density at radius 3 is 2.21 bits per heavy atom. The molecule has 14 heavy (non-hydrogen) atoms. The Balaban J connectivity index is 3.10. The van der Waals surface area contributed by atoms with E-state index >= 15 is 0 Å². The molecule has 0 amide bonds. The van der Waals surface area contributed by atoms with Crippen molar-refractivity contribution in [2.75, 3.05) is 19.5 Å². The van der Waals surface area contributed by atoms with Crippen molar-refractivity contribution in [3.63, 3.8) is 0 Å². The van der Waals surface area contributed by atoms with Gasteiger partial charge in [-0.3, -0.25) is 4.18 Å². The SMILES string of the molecule is C=COCCCCCCOS(C)(=O)=O. The van der Waals surface area contributed by atoms with Crippen molar-refractivity contribution in [1.29, 1.82) is 0 Å². The summed E-state index contributed by atoms with van der Waals surface area (Å²) in [4.78, 5) is 0. The summed E-state index contributed by atoms with van der Waals surface area (Å²) in [6, 6.07) is 0. The van der Waals surface area contributed by atoms with E-state index in [0.29, 0.717) is 6.61 Å². The van der Waals surface area contributed by atoms with Crippen molar-refractivity contribution < 1.29 is 17.3 Å². The molecule has 0 spiro atoms. The van der Waals surface area contributed by atoms with Gasteiger partial charge in [-0.25, -0.2) is 0 Å². The first-order chi connectivity index (χ1) is 6.56. The summed E-state index contributed by atoms with van der Waals surface area (Å²) in [5.74, 6) is 0. The van der Waals surface area contributed by atoms with Gasteiger partial charge in [-0.2, -0.15) is 8.42 Å². The van der Waals surface area contributed by atoms with Crippen LogP contribution in [0.4, 0.5) is 0 Å². The molecular weight excluding hydrogens is 204 g/mol. The van der Waals surface area contributed by atoms with Gasteiger partial charge in [0.25, 0.3) is 10.1 Å². The zero-order valence-electron chi connectivity index (χ0n) is 8.57. The van der Waals surface area contributed by atoms with Crippen molar-refractivity contribution in [3.05, 3.63) is 12.8 Å². The number of hydrogen-bond donors (Lipinski definition) is 0. The third-order valence-corrected chi connectivity index (χ3v) is 2.17. The first-order valence-corrected chi connectivity index (χ1v) is 6.45. The van der Waals surface area contributed by atoms with E-state index in [4.69, 9.17) is 4.74 Å². The standard InChI is InChI=1S/C9H18O4S/c1-3-12-8-6-4-5-7-9-13-14(2,10)11/h3H,1,4-9H2,2H3. The minimum atomic E-state index is -3.26. The lowest BCUT2D eigenvalue weighted by Gasteiger charge is -2.01. The van der Waals surface area contributed by atoms with Crippen LogP contribution in [0, 0.1) is 0 Å². The molecule has 0 aliphatic rings.